The third kappa shape index (κ3) is 4.06. The average molecular weight is 410 g/mol. The molecule has 2 heterocycles. The summed E-state index contributed by atoms with van der Waals surface area (Å²) in [4.78, 5) is 22.4. The molecule has 154 valence electrons. The smallest absolute Gasteiger partial charge is 0.363 e. The first-order valence-corrected chi connectivity index (χ1v) is 8.09. The van der Waals surface area contributed by atoms with Crippen LogP contribution in [0.5, 0.6) is 17.2 Å². The van der Waals surface area contributed by atoms with Crippen molar-refractivity contribution < 1.29 is 59.2 Å². The van der Waals surface area contributed by atoms with E-state index >= 15 is 0 Å². The van der Waals surface area contributed by atoms with Gasteiger partial charge in [-0.05, 0) is 30.4 Å². The van der Waals surface area contributed by atoms with Crippen LogP contribution in [-0.4, -0.2) is 35.0 Å². The highest BCUT2D eigenvalue weighted by Gasteiger charge is 2.33. The number of ether oxygens (including phenoxy) is 4. The molecule has 1 aromatic rings. The Morgan fingerprint density at radius 2 is 1.86 bits per heavy atom. The number of hydrogen-bond acceptors (Lipinski definition) is 12. The van der Waals surface area contributed by atoms with E-state index in [0.717, 1.165) is 0 Å². The van der Waals surface area contributed by atoms with Gasteiger partial charge in [0, 0.05) is 12.1 Å². The molecule has 0 aromatic heterocycles. The van der Waals surface area contributed by atoms with Crippen LogP contribution in [0.25, 0.3) is 0 Å². The lowest BCUT2D eigenvalue weighted by molar-refractivity contribution is -0.295. The van der Waals surface area contributed by atoms with Crippen LogP contribution in [0.4, 0.5) is 0 Å². The van der Waals surface area contributed by atoms with Gasteiger partial charge in [0.05, 0.1) is 12.2 Å². The summed E-state index contributed by atoms with van der Waals surface area (Å²) >= 11 is 0. The topological polar surface area (TPSA) is 144 Å². The molecule has 1 aliphatic carbocycles. The normalized spacial score (nSPS) is 22.6. The van der Waals surface area contributed by atoms with Crippen molar-refractivity contribution in [3.63, 3.8) is 0 Å². The van der Waals surface area contributed by atoms with Gasteiger partial charge in [-0.1, -0.05) is 0 Å². The number of rotatable bonds is 7. The van der Waals surface area contributed by atoms with Gasteiger partial charge in [0.15, 0.2) is 11.9 Å². The standard InChI is InChI=1S/C17H14O12/c18-25-10-1-3-11-13(8-10)28-29-16(11)23-15-5-6-21-17(24-15)22-9-2-4-12(26-19)14(7-9)27-20/h1-5,7-8,13,17-20H,6H2. The van der Waals surface area contributed by atoms with Crippen LogP contribution < -0.4 is 14.5 Å². The summed E-state index contributed by atoms with van der Waals surface area (Å²) in [5, 5.41) is 26.2. The lowest BCUT2D eigenvalue weighted by Crippen LogP contribution is -2.28. The molecule has 2 atom stereocenters. The van der Waals surface area contributed by atoms with Crippen molar-refractivity contribution >= 4 is 0 Å². The van der Waals surface area contributed by atoms with Crippen molar-refractivity contribution in [2.24, 2.45) is 0 Å². The minimum atomic E-state index is -1.19. The van der Waals surface area contributed by atoms with Gasteiger partial charge in [-0.3, -0.25) is 4.89 Å². The molecule has 2 aliphatic heterocycles. The zero-order valence-corrected chi connectivity index (χ0v) is 14.4. The van der Waals surface area contributed by atoms with Gasteiger partial charge in [-0.15, -0.1) is 0 Å². The van der Waals surface area contributed by atoms with Gasteiger partial charge in [-0.25, -0.2) is 15.8 Å². The lowest BCUT2D eigenvalue weighted by Gasteiger charge is -2.24. The SMILES string of the molecule is OOC1=CC2OOC(OC3=CCOC(Oc4ccc(OO)c(OO)c4)O3)=C2C=C1. The second-order valence-corrected chi connectivity index (χ2v) is 5.61. The Balaban J connectivity index is 1.40. The molecule has 1 aromatic carbocycles. The van der Waals surface area contributed by atoms with Crippen molar-refractivity contribution in [3.8, 4) is 17.2 Å². The first-order chi connectivity index (χ1) is 14.2. The highest BCUT2D eigenvalue weighted by Crippen LogP contribution is 2.34. The number of allylic oxidation sites excluding steroid dienone is 1. The molecule has 29 heavy (non-hydrogen) atoms. The molecular weight excluding hydrogens is 396 g/mol. The number of hydrogen-bond donors (Lipinski definition) is 3. The average Bonchev–Trinajstić information content (AvgIpc) is 3.15. The van der Waals surface area contributed by atoms with Crippen molar-refractivity contribution in [1.82, 2.24) is 0 Å². The summed E-state index contributed by atoms with van der Waals surface area (Å²) in [6.45, 7) is -1.09. The van der Waals surface area contributed by atoms with E-state index in [2.05, 4.69) is 14.7 Å². The second kappa shape index (κ2) is 8.30. The van der Waals surface area contributed by atoms with Gasteiger partial charge < -0.3 is 33.6 Å². The predicted octanol–water partition coefficient (Wildman–Crippen LogP) is 2.44. The molecule has 12 heteroatoms. The molecule has 0 bridgehead atoms. The van der Waals surface area contributed by atoms with Crippen molar-refractivity contribution in [3.05, 3.63) is 65.7 Å². The molecule has 0 spiro atoms. The molecule has 4 rings (SSSR count). The number of benzene rings is 1. The Morgan fingerprint density at radius 1 is 1.00 bits per heavy atom. The van der Waals surface area contributed by atoms with Crippen LogP contribution in [-0.2, 0) is 28.9 Å². The Morgan fingerprint density at radius 3 is 2.66 bits per heavy atom. The molecule has 3 aliphatic rings. The Hall–Kier alpha value is -3.42. The summed E-state index contributed by atoms with van der Waals surface area (Å²) in [6, 6.07) is 3.95. The largest absolute Gasteiger partial charge is 0.432 e. The van der Waals surface area contributed by atoms with E-state index in [-0.39, 0.29) is 41.5 Å². The van der Waals surface area contributed by atoms with Crippen molar-refractivity contribution in [1.29, 1.82) is 0 Å². The summed E-state index contributed by atoms with van der Waals surface area (Å²) in [5.74, 6) is 0.129. The van der Waals surface area contributed by atoms with E-state index in [4.69, 9.17) is 44.5 Å². The van der Waals surface area contributed by atoms with E-state index in [9.17, 15) is 0 Å². The maximum atomic E-state index is 8.81. The predicted molar refractivity (Wildman–Crippen MR) is 87.5 cm³/mol. The minimum Gasteiger partial charge on any atom is -0.432 e. The third-order valence-corrected chi connectivity index (χ3v) is 3.85. The van der Waals surface area contributed by atoms with Crippen molar-refractivity contribution in [2.75, 3.05) is 6.61 Å². The van der Waals surface area contributed by atoms with E-state index in [1.165, 1.54) is 36.4 Å². The van der Waals surface area contributed by atoms with E-state index in [0.29, 0.717) is 5.57 Å². The lowest BCUT2D eigenvalue weighted by atomic mass is 10.1. The van der Waals surface area contributed by atoms with Gasteiger partial charge in [-0.2, -0.15) is 4.89 Å². The van der Waals surface area contributed by atoms with Gasteiger partial charge in [0.25, 0.3) is 5.95 Å². The maximum Gasteiger partial charge on any atom is 0.363 e. The van der Waals surface area contributed by atoms with Crippen LogP contribution in [0, 0.1) is 0 Å². The number of fused-ring (bicyclic) bond motifs is 1. The fourth-order valence-electron chi connectivity index (χ4n) is 2.51. The third-order valence-electron chi connectivity index (χ3n) is 3.85. The molecule has 0 saturated carbocycles. The van der Waals surface area contributed by atoms with Crippen LogP contribution >= 0.6 is 0 Å². The zero-order chi connectivity index (χ0) is 20.2. The molecular formula is C17H14O12. The van der Waals surface area contributed by atoms with E-state index in [1.807, 2.05) is 0 Å². The van der Waals surface area contributed by atoms with E-state index < -0.39 is 12.6 Å². The van der Waals surface area contributed by atoms with Crippen LogP contribution in [0.1, 0.15) is 0 Å². The molecule has 0 amide bonds. The molecule has 0 saturated heterocycles. The quantitative estimate of drug-likeness (QED) is 0.448. The Bertz CT molecular complexity index is 886. The highest BCUT2D eigenvalue weighted by atomic mass is 17.2. The van der Waals surface area contributed by atoms with Crippen LogP contribution in [0.2, 0.25) is 0 Å². The van der Waals surface area contributed by atoms with Gasteiger partial charge >= 0.3 is 12.4 Å². The zero-order valence-electron chi connectivity index (χ0n) is 14.4. The molecule has 12 nitrogen and oxygen atoms in total. The Labute approximate surface area is 162 Å². The van der Waals surface area contributed by atoms with Crippen LogP contribution in [0.3, 0.4) is 0 Å². The fraction of sp³-hybridized carbons (Fsp3) is 0.176. The monoisotopic (exact) mass is 410 g/mol. The summed E-state index contributed by atoms with van der Waals surface area (Å²) in [6.07, 6.45) is 5.46. The summed E-state index contributed by atoms with van der Waals surface area (Å²) in [7, 11) is 0. The van der Waals surface area contributed by atoms with Crippen LogP contribution in [0.15, 0.2) is 65.7 Å². The fourth-order valence-corrected chi connectivity index (χ4v) is 2.51. The minimum absolute atomic E-state index is 0.0310. The molecule has 2 unspecified atom stereocenters. The summed E-state index contributed by atoms with van der Waals surface area (Å²) in [5.41, 5.74) is 0.545. The summed E-state index contributed by atoms with van der Waals surface area (Å²) < 4.78 is 21.8. The molecule has 0 fully saturated rings. The second-order valence-electron chi connectivity index (χ2n) is 5.61. The van der Waals surface area contributed by atoms with E-state index in [1.54, 1.807) is 6.08 Å². The highest BCUT2D eigenvalue weighted by molar-refractivity contribution is 5.45. The van der Waals surface area contributed by atoms with Gasteiger partial charge in [0.1, 0.15) is 5.75 Å². The first kappa shape index (κ1) is 18.9. The van der Waals surface area contributed by atoms with Gasteiger partial charge in [0.2, 0.25) is 11.5 Å². The molecule has 0 radical (unpaired) electrons. The maximum absolute atomic E-state index is 8.81. The molecule has 3 N–H and O–H groups in total. The van der Waals surface area contributed by atoms with Crippen molar-refractivity contribution in [2.45, 2.75) is 12.6 Å². The Kier molecular flexibility index (Phi) is 5.41. The first-order valence-electron chi connectivity index (χ1n) is 8.09.